The van der Waals surface area contributed by atoms with Crippen LogP contribution in [0, 0.1) is 5.82 Å². The lowest BCUT2D eigenvalue weighted by molar-refractivity contribution is 0.198. The first-order valence-corrected chi connectivity index (χ1v) is 13.6. The van der Waals surface area contributed by atoms with Gasteiger partial charge in [0.1, 0.15) is 11.5 Å². The van der Waals surface area contributed by atoms with Gasteiger partial charge < -0.3 is 14.6 Å². The number of thioether (sulfide) groups is 1. The molecule has 0 radical (unpaired) electrons. The number of anilines is 1. The van der Waals surface area contributed by atoms with Crippen LogP contribution >= 0.6 is 11.8 Å². The molecule has 0 aliphatic carbocycles. The number of nitrogens with one attached hydrogen (secondary N) is 1. The van der Waals surface area contributed by atoms with Crippen LogP contribution in [0.2, 0.25) is 0 Å². The van der Waals surface area contributed by atoms with Gasteiger partial charge in [-0.25, -0.2) is 17.3 Å². The maximum absolute atomic E-state index is 15.1. The van der Waals surface area contributed by atoms with Gasteiger partial charge in [-0.3, -0.25) is 9.40 Å². The molecule has 2 N–H and O–H groups in total. The number of aryl methyl sites for hydroxylation is 1. The van der Waals surface area contributed by atoms with E-state index in [4.69, 9.17) is 9.47 Å². The van der Waals surface area contributed by atoms with Crippen LogP contribution in [0.15, 0.2) is 52.8 Å². The van der Waals surface area contributed by atoms with Crippen molar-refractivity contribution in [3.05, 3.63) is 48.8 Å². The highest BCUT2D eigenvalue weighted by Gasteiger charge is 2.23. The first kappa shape index (κ1) is 26.8. The minimum atomic E-state index is -4.05. The Morgan fingerprint density at radius 1 is 1.16 bits per heavy atom. The number of sulfonamides is 1. The number of hydrogen-bond acceptors (Lipinski definition) is 8. The molecule has 4 aromatic rings. The smallest absolute Gasteiger partial charge is 0.265 e. The topological polar surface area (TPSA) is 120 Å². The summed E-state index contributed by atoms with van der Waals surface area (Å²) in [5.41, 5.74) is 1.57. The van der Waals surface area contributed by atoms with Crippen LogP contribution in [0.3, 0.4) is 0 Å². The van der Waals surface area contributed by atoms with Gasteiger partial charge in [-0.15, -0.1) is 11.8 Å². The molecule has 198 valence electrons. The molecule has 4 rings (SSSR count). The number of aliphatic hydroxyl groups excluding tert-OH is 1. The summed E-state index contributed by atoms with van der Waals surface area (Å²) in [5, 5.41) is 17.5. The highest BCUT2D eigenvalue weighted by Crippen LogP contribution is 2.41. The number of hydrogen-bond donors (Lipinski definition) is 2. The SMILES string of the molecule is COc1c(F)cc(-c2cnn3cc(OCCO)c(SC(C)(C)C)cc23)cc1NS(=O)(=O)c1cnn(C)c1. The van der Waals surface area contributed by atoms with Crippen LogP contribution in [0.25, 0.3) is 16.6 Å². The minimum absolute atomic E-state index is 0.0621. The normalized spacial score (nSPS) is 12.2. The van der Waals surface area contributed by atoms with Crippen molar-refractivity contribution >= 4 is 33.0 Å². The van der Waals surface area contributed by atoms with Crippen LogP contribution in [-0.2, 0) is 17.1 Å². The lowest BCUT2D eigenvalue weighted by Crippen LogP contribution is -2.13. The van der Waals surface area contributed by atoms with Crippen molar-refractivity contribution in [1.82, 2.24) is 19.4 Å². The molecule has 0 aliphatic heterocycles. The largest absolute Gasteiger partial charge is 0.492 e. The number of nitrogens with zero attached hydrogens (tertiary/aromatic N) is 4. The Hall–Kier alpha value is -3.29. The third-order valence-corrected chi connectivity index (χ3v) is 7.62. The monoisotopic (exact) mass is 549 g/mol. The Kier molecular flexibility index (Phi) is 7.40. The molecular weight excluding hydrogens is 521 g/mol. The van der Waals surface area contributed by atoms with Crippen molar-refractivity contribution in [1.29, 1.82) is 0 Å². The molecule has 0 unspecified atom stereocenters. The van der Waals surface area contributed by atoms with E-state index in [1.165, 1.54) is 36.3 Å². The highest BCUT2D eigenvalue weighted by molar-refractivity contribution is 8.00. The molecule has 0 saturated heterocycles. The summed E-state index contributed by atoms with van der Waals surface area (Å²) >= 11 is 1.58. The maximum Gasteiger partial charge on any atom is 0.265 e. The summed E-state index contributed by atoms with van der Waals surface area (Å²) in [7, 11) is -1.19. The Labute approximate surface area is 218 Å². The number of aromatic nitrogens is 4. The summed E-state index contributed by atoms with van der Waals surface area (Å²) in [5.74, 6) is -0.422. The molecule has 10 nitrogen and oxygen atoms in total. The summed E-state index contributed by atoms with van der Waals surface area (Å²) < 4.78 is 57.1. The van der Waals surface area contributed by atoms with Crippen LogP contribution in [-0.4, -0.2) is 58.0 Å². The number of rotatable bonds is 9. The van der Waals surface area contributed by atoms with Crippen molar-refractivity contribution in [3.63, 3.8) is 0 Å². The molecule has 0 fully saturated rings. The number of methoxy groups -OCH3 is 1. The average molecular weight is 550 g/mol. The van der Waals surface area contributed by atoms with E-state index in [9.17, 15) is 13.5 Å². The maximum atomic E-state index is 15.1. The fourth-order valence-corrected chi connectivity index (χ4v) is 5.74. The van der Waals surface area contributed by atoms with Crippen LogP contribution < -0.4 is 14.2 Å². The highest BCUT2D eigenvalue weighted by atomic mass is 32.2. The number of halogens is 1. The average Bonchev–Trinajstić information content (AvgIpc) is 3.42. The Bertz CT molecular complexity index is 1540. The van der Waals surface area contributed by atoms with E-state index >= 15 is 4.39 Å². The molecule has 3 heterocycles. The van der Waals surface area contributed by atoms with Gasteiger partial charge in [0.05, 0.1) is 48.4 Å². The lowest BCUT2D eigenvalue weighted by Gasteiger charge is -2.20. The Morgan fingerprint density at radius 3 is 2.54 bits per heavy atom. The van der Waals surface area contributed by atoms with Crippen LogP contribution in [0.4, 0.5) is 10.1 Å². The van der Waals surface area contributed by atoms with Crippen molar-refractivity contribution in [2.75, 3.05) is 25.0 Å². The summed E-state index contributed by atoms with van der Waals surface area (Å²) in [4.78, 5) is 0.750. The molecule has 1 aromatic carbocycles. The van der Waals surface area contributed by atoms with Gasteiger partial charge in [-0.05, 0) is 23.8 Å². The second-order valence-corrected chi connectivity index (χ2v) is 12.7. The number of aliphatic hydroxyl groups is 1. The molecule has 13 heteroatoms. The van der Waals surface area contributed by atoms with Gasteiger partial charge in [0.25, 0.3) is 10.0 Å². The number of ether oxygens (including phenoxy) is 2. The first-order valence-electron chi connectivity index (χ1n) is 11.3. The summed E-state index contributed by atoms with van der Waals surface area (Å²) in [6.07, 6.45) is 5.81. The molecule has 0 atom stereocenters. The quantitative estimate of drug-likeness (QED) is 0.301. The van der Waals surface area contributed by atoms with E-state index in [-0.39, 0.29) is 34.3 Å². The molecule has 0 aliphatic rings. The molecule has 0 spiro atoms. The van der Waals surface area contributed by atoms with Gasteiger partial charge in [0, 0.05) is 23.6 Å². The Morgan fingerprint density at radius 2 is 1.92 bits per heavy atom. The fourth-order valence-electron chi connectivity index (χ4n) is 3.66. The number of benzene rings is 1. The predicted octanol–water partition coefficient (Wildman–Crippen LogP) is 3.95. The van der Waals surface area contributed by atoms with Crippen molar-refractivity contribution in [2.45, 2.75) is 35.3 Å². The van der Waals surface area contributed by atoms with E-state index < -0.39 is 15.8 Å². The van der Waals surface area contributed by atoms with Crippen molar-refractivity contribution in [3.8, 4) is 22.6 Å². The van der Waals surface area contributed by atoms with E-state index in [2.05, 4.69) is 35.7 Å². The molecule has 0 bridgehead atoms. The Balaban J connectivity index is 1.82. The van der Waals surface area contributed by atoms with E-state index in [1.807, 2.05) is 6.07 Å². The van der Waals surface area contributed by atoms with Crippen LogP contribution in [0.5, 0.6) is 11.5 Å². The molecular formula is C24H28FN5O5S2. The lowest BCUT2D eigenvalue weighted by atomic mass is 10.1. The third kappa shape index (κ3) is 5.84. The molecule has 0 amide bonds. The van der Waals surface area contributed by atoms with Crippen LogP contribution in [0.1, 0.15) is 20.8 Å². The van der Waals surface area contributed by atoms with E-state index in [0.29, 0.717) is 22.4 Å². The second-order valence-electron chi connectivity index (χ2n) is 9.17. The third-order valence-electron chi connectivity index (χ3n) is 5.14. The fraction of sp³-hybridized carbons (Fsp3) is 0.333. The standard InChI is InChI=1S/C24H28FN5O5S2/c1-24(2,3)36-22-10-20-17(12-27-30(20)14-21(22)35-7-6-31)15-8-18(25)23(34-5)19(9-15)28-37(32,33)16-11-26-29(4)13-16/h8-14,28,31H,6-7H2,1-5H3. The van der Waals surface area contributed by atoms with Gasteiger partial charge in [-0.2, -0.15) is 10.2 Å². The predicted molar refractivity (Wildman–Crippen MR) is 139 cm³/mol. The van der Waals surface area contributed by atoms with Crippen molar-refractivity contribution < 1.29 is 27.4 Å². The van der Waals surface area contributed by atoms with Gasteiger partial charge in [-0.1, -0.05) is 20.8 Å². The zero-order valence-corrected chi connectivity index (χ0v) is 22.7. The van der Waals surface area contributed by atoms with Crippen molar-refractivity contribution in [2.24, 2.45) is 7.05 Å². The zero-order valence-electron chi connectivity index (χ0n) is 21.0. The van der Waals surface area contributed by atoms with Gasteiger partial charge >= 0.3 is 0 Å². The number of pyridine rings is 1. The van der Waals surface area contributed by atoms with E-state index in [1.54, 1.807) is 35.7 Å². The van der Waals surface area contributed by atoms with Gasteiger partial charge in [0.15, 0.2) is 17.3 Å². The molecule has 3 aromatic heterocycles. The van der Waals surface area contributed by atoms with E-state index in [0.717, 1.165) is 4.90 Å². The zero-order chi connectivity index (χ0) is 27.0. The second kappa shape index (κ2) is 10.2. The summed E-state index contributed by atoms with van der Waals surface area (Å²) in [6, 6.07) is 4.65. The van der Waals surface area contributed by atoms with Gasteiger partial charge in [0.2, 0.25) is 0 Å². The number of fused-ring (bicyclic) bond motifs is 1. The molecule has 0 saturated carbocycles. The minimum Gasteiger partial charge on any atom is -0.492 e. The first-order chi connectivity index (χ1) is 17.4. The summed E-state index contributed by atoms with van der Waals surface area (Å²) in [6.45, 7) is 6.18. The molecule has 37 heavy (non-hydrogen) atoms.